The number of aryl methyl sites for hydroxylation is 2. The Labute approximate surface area is 218 Å². The molecule has 37 heavy (non-hydrogen) atoms. The number of morpholine rings is 1. The lowest BCUT2D eigenvalue weighted by Gasteiger charge is -2.28. The van der Waals surface area contributed by atoms with Crippen LogP contribution in [0.25, 0.3) is 17.1 Å². The Morgan fingerprint density at radius 3 is 2.70 bits per heavy atom. The van der Waals surface area contributed by atoms with Gasteiger partial charge in [-0.2, -0.15) is 15.1 Å². The molecule has 0 bridgehead atoms. The molecule has 1 aliphatic rings. The first-order chi connectivity index (χ1) is 18.0. The summed E-state index contributed by atoms with van der Waals surface area (Å²) >= 11 is 0. The Kier molecular flexibility index (Phi) is 7.79. The van der Waals surface area contributed by atoms with E-state index in [0.29, 0.717) is 44.1 Å². The summed E-state index contributed by atoms with van der Waals surface area (Å²) in [5.74, 6) is 2.15. The zero-order valence-electron chi connectivity index (χ0n) is 21.9. The molecule has 4 heterocycles. The molecule has 194 valence electrons. The summed E-state index contributed by atoms with van der Waals surface area (Å²) in [5, 5.41) is 4.79. The first-order valence-electron chi connectivity index (χ1n) is 13.0. The van der Waals surface area contributed by atoms with Crippen LogP contribution in [-0.4, -0.2) is 62.2 Å². The third-order valence-corrected chi connectivity index (χ3v) is 6.40. The van der Waals surface area contributed by atoms with Gasteiger partial charge in [-0.1, -0.05) is 37.6 Å². The molecule has 0 atom stereocenters. The van der Waals surface area contributed by atoms with Gasteiger partial charge in [-0.25, -0.2) is 9.67 Å². The zero-order valence-corrected chi connectivity index (χ0v) is 21.9. The lowest BCUT2D eigenvalue weighted by Crippen LogP contribution is -2.37. The summed E-state index contributed by atoms with van der Waals surface area (Å²) in [4.78, 5) is 16.1. The fraction of sp³-hybridized carbons (Fsp3) is 0.429. The van der Waals surface area contributed by atoms with E-state index in [9.17, 15) is 0 Å². The number of anilines is 1. The van der Waals surface area contributed by atoms with Crippen LogP contribution in [0.1, 0.15) is 31.5 Å². The second-order valence-corrected chi connectivity index (χ2v) is 9.87. The monoisotopic (exact) mass is 501 g/mol. The van der Waals surface area contributed by atoms with Crippen LogP contribution in [0.3, 0.4) is 0 Å². The van der Waals surface area contributed by atoms with Crippen LogP contribution < -0.4 is 9.64 Å². The van der Waals surface area contributed by atoms with Crippen LogP contribution in [0, 0.1) is 12.8 Å². The molecular formula is C28H35N7O2. The van der Waals surface area contributed by atoms with Gasteiger partial charge in [-0.15, -0.1) is 0 Å². The topological polar surface area (TPSA) is 83.1 Å². The maximum Gasteiger partial charge on any atom is 0.320 e. The SMILES string of the molecule is Cc1cccc(-c2ccn(-c3cc(N4CCOCC4)nc(OCCn4cnc(CCC(C)C)c4)n3)n2)c1. The molecule has 0 spiro atoms. The number of aromatic nitrogens is 6. The van der Waals surface area contributed by atoms with Crippen LogP contribution >= 0.6 is 0 Å². The smallest absolute Gasteiger partial charge is 0.320 e. The molecule has 0 radical (unpaired) electrons. The molecule has 3 aromatic heterocycles. The van der Waals surface area contributed by atoms with Crippen molar-refractivity contribution in [3.05, 3.63) is 66.4 Å². The van der Waals surface area contributed by atoms with E-state index >= 15 is 0 Å². The Morgan fingerprint density at radius 2 is 1.89 bits per heavy atom. The van der Waals surface area contributed by atoms with E-state index < -0.39 is 0 Å². The highest BCUT2D eigenvalue weighted by molar-refractivity contribution is 5.60. The Morgan fingerprint density at radius 1 is 1.05 bits per heavy atom. The molecular weight excluding hydrogens is 466 g/mol. The molecule has 0 amide bonds. The van der Waals surface area contributed by atoms with E-state index in [2.05, 4.69) is 59.6 Å². The summed E-state index contributed by atoms with van der Waals surface area (Å²) in [6, 6.07) is 12.6. The fourth-order valence-electron chi connectivity index (χ4n) is 4.28. The number of rotatable bonds is 10. The van der Waals surface area contributed by atoms with Gasteiger partial charge in [0.2, 0.25) is 0 Å². The number of imidazole rings is 1. The minimum absolute atomic E-state index is 0.340. The number of hydrogen-bond acceptors (Lipinski definition) is 7. The van der Waals surface area contributed by atoms with Crippen molar-refractivity contribution in [2.75, 3.05) is 37.8 Å². The van der Waals surface area contributed by atoms with Gasteiger partial charge in [0.15, 0.2) is 5.82 Å². The van der Waals surface area contributed by atoms with E-state index in [1.54, 1.807) is 4.68 Å². The second kappa shape index (κ2) is 11.6. The van der Waals surface area contributed by atoms with Crippen molar-refractivity contribution in [2.24, 2.45) is 5.92 Å². The van der Waals surface area contributed by atoms with Crippen LogP contribution in [0.15, 0.2) is 55.1 Å². The molecule has 1 saturated heterocycles. The number of benzene rings is 1. The van der Waals surface area contributed by atoms with E-state index in [-0.39, 0.29) is 0 Å². The molecule has 4 aromatic rings. The van der Waals surface area contributed by atoms with E-state index in [1.165, 1.54) is 5.56 Å². The maximum atomic E-state index is 6.05. The Balaban J connectivity index is 1.33. The van der Waals surface area contributed by atoms with Crippen LogP contribution in [-0.2, 0) is 17.7 Å². The molecule has 0 N–H and O–H groups in total. The van der Waals surface area contributed by atoms with Crippen LogP contribution in [0.4, 0.5) is 5.82 Å². The summed E-state index contributed by atoms with van der Waals surface area (Å²) < 4.78 is 15.4. The van der Waals surface area contributed by atoms with Gasteiger partial charge >= 0.3 is 6.01 Å². The molecule has 9 heteroatoms. The Hall–Kier alpha value is -3.72. The van der Waals surface area contributed by atoms with Crippen molar-refractivity contribution in [3.8, 4) is 23.1 Å². The van der Waals surface area contributed by atoms with Gasteiger partial charge in [-0.05, 0) is 37.8 Å². The van der Waals surface area contributed by atoms with E-state index in [0.717, 1.165) is 48.7 Å². The average molecular weight is 502 g/mol. The van der Waals surface area contributed by atoms with Crippen molar-refractivity contribution in [3.63, 3.8) is 0 Å². The van der Waals surface area contributed by atoms with E-state index in [1.807, 2.05) is 30.7 Å². The Bertz CT molecular complexity index is 1310. The highest BCUT2D eigenvalue weighted by Crippen LogP contribution is 2.23. The van der Waals surface area contributed by atoms with Gasteiger partial charge in [0.1, 0.15) is 12.4 Å². The summed E-state index contributed by atoms with van der Waals surface area (Å²) in [5.41, 5.74) is 4.28. The van der Waals surface area contributed by atoms with Gasteiger partial charge in [-0.3, -0.25) is 0 Å². The molecule has 9 nitrogen and oxygen atoms in total. The molecule has 5 rings (SSSR count). The highest BCUT2D eigenvalue weighted by Gasteiger charge is 2.17. The minimum Gasteiger partial charge on any atom is -0.461 e. The predicted molar refractivity (Wildman–Crippen MR) is 143 cm³/mol. The largest absolute Gasteiger partial charge is 0.461 e. The summed E-state index contributed by atoms with van der Waals surface area (Å²) in [6.45, 7) is 10.6. The molecule has 1 aromatic carbocycles. The predicted octanol–water partition coefficient (Wildman–Crippen LogP) is 4.34. The normalized spacial score (nSPS) is 13.9. The van der Waals surface area contributed by atoms with Crippen molar-refractivity contribution in [1.29, 1.82) is 0 Å². The molecule has 0 aliphatic carbocycles. The second-order valence-electron chi connectivity index (χ2n) is 9.87. The van der Waals surface area contributed by atoms with Crippen LogP contribution in [0.2, 0.25) is 0 Å². The molecule has 0 unspecified atom stereocenters. The quantitative estimate of drug-likeness (QED) is 0.320. The molecule has 1 fully saturated rings. The first kappa shape index (κ1) is 25.0. The van der Waals surface area contributed by atoms with Gasteiger partial charge < -0.3 is 18.9 Å². The third kappa shape index (κ3) is 6.54. The van der Waals surface area contributed by atoms with E-state index in [4.69, 9.17) is 24.5 Å². The standard InChI is InChI=1S/C28H35N7O2/c1-21(2)7-8-24-19-33(20-29-24)11-16-37-28-30-26(34-12-14-36-15-13-34)18-27(31-28)35-10-9-25(32-35)23-6-4-5-22(3)17-23/h4-6,9-10,17-21H,7-8,11-16H2,1-3H3. The fourth-order valence-corrected chi connectivity index (χ4v) is 4.28. The van der Waals surface area contributed by atoms with Gasteiger partial charge in [0.25, 0.3) is 0 Å². The molecule has 0 saturated carbocycles. The zero-order chi connectivity index (χ0) is 25.6. The lowest BCUT2D eigenvalue weighted by atomic mass is 10.1. The molecule has 1 aliphatic heterocycles. The number of ether oxygens (including phenoxy) is 2. The van der Waals surface area contributed by atoms with Crippen LogP contribution in [0.5, 0.6) is 6.01 Å². The average Bonchev–Trinajstić information content (AvgIpc) is 3.58. The first-order valence-corrected chi connectivity index (χ1v) is 13.0. The number of hydrogen-bond donors (Lipinski definition) is 0. The third-order valence-electron chi connectivity index (χ3n) is 6.40. The summed E-state index contributed by atoms with van der Waals surface area (Å²) in [6.07, 6.45) is 8.02. The maximum absolute atomic E-state index is 6.05. The van der Waals surface area contributed by atoms with Gasteiger partial charge in [0, 0.05) is 37.1 Å². The minimum atomic E-state index is 0.340. The number of nitrogens with zero attached hydrogens (tertiary/aromatic N) is 7. The van der Waals surface area contributed by atoms with Crippen molar-refractivity contribution >= 4 is 5.82 Å². The van der Waals surface area contributed by atoms with Crippen molar-refractivity contribution < 1.29 is 9.47 Å². The van der Waals surface area contributed by atoms with Gasteiger partial charge in [0.05, 0.1) is 37.5 Å². The van der Waals surface area contributed by atoms with Crippen molar-refractivity contribution in [2.45, 2.75) is 40.2 Å². The lowest BCUT2D eigenvalue weighted by molar-refractivity contribution is 0.122. The van der Waals surface area contributed by atoms with Crippen molar-refractivity contribution in [1.82, 2.24) is 29.3 Å². The summed E-state index contributed by atoms with van der Waals surface area (Å²) in [7, 11) is 0. The highest BCUT2D eigenvalue weighted by atomic mass is 16.5.